The molecule has 0 saturated heterocycles. The lowest BCUT2D eigenvalue weighted by Gasteiger charge is -2.14. The molecule has 0 radical (unpaired) electrons. The molecular formula is C12H12BrNO2. The van der Waals surface area contributed by atoms with E-state index in [-0.39, 0.29) is 5.97 Å². The van der Waals surface area contributed by atoms with Gasteiger partial charge in [-0.1, -0.05) is 15.9 Å². The summed E-state index contributed by atoms with van der Waals surface area (Å²) >= 11 is 3.46. The topological polar surface area (TPSA) is 39.2 Å². The molecule has 16 heavy (non-hydrogen) atoms. The number of aryl methyl sites for hydroxylation is 1. The van der Waals surface area contributed by atoms with E-state index in [9.17, 15) is 4.79 Å². The summed E-state index contributed by atoms with van der Waals surface area (Å²) in [6, 6.07) is 1.71. The second-order valence-corrected chi connectivity index (χ2v) is 4.55. The minimum Gasteiger partial charge on any atom is -0.462 e. The molecule has 1 aliphatic carbocycles. The molecule has 0 fully saturated rings. The Kier molecular flexibility index (Phi) is 3.39. The predicted molar refractivity (Wildman–Crippen MR) is 65.4 cm³/mol. The summed E-state index contributed by atoms with van der Waals surface area (Å²) in [4.78, 5) is 16.0. The standard InChI is InChI=1S/C12H12BrNO2/c1-2-16-12(15)9-5-6-14-11-4-3-8(13)7-10(9)11/h5-7H,2-4H2,1H3. The van der Waals surface area contributed by atoms with Crippen molar-refractivity contribution in [3.63, 3.8) is 0 Å². The number of halogens is 1. The Morgan fingerprint density at radius 2 is 2.38 bits per heavy atom. The minimum absolute atomic E-state index is 0.278. The van der Waals surface area contributed by atoms with Crippen LogP contribution in [0.25, 0.3) is 6.08 Å². The fourth-order valence-electron chi connectivity index (χ4n) is 1.73. The number of pyridine rings is 1. The molecule has 1 aliphatic rings. The number of carbonyl (C=O) groups excluding carboxylic acids is 1. The number of allylic oxidation sites excluding steroid dienone is 1. The highest BCUT2D eigenvalue weighted by Crippen LogP contribution is 2.28. The van der Waals surface area contributed by atoms with Gasteiger partial charge >= 0.3 is 5.97 Å². The highest BCUT2D eigenvalue weighted by Gasteiger charge is 2.18. The SMILES string of the molecule is CCOC(=O)c1ccnc2c1C=C(Br)CC2. The molecule has 2 rings (SSSR count). The normalized spacial score (nSPS) is 14.0. The number of hydrogen-bond acceptors (Lipinski definition) is 3. The van der Waals surface area contributed by atoms with Crippen molar-refractivity contribution < 1.29 is 9.53 Å². The molecule has 4 heteroatoms. The van der Waals surface area contributed by atoms with Crippen LogP contribution >= 0.6 is 15.9 Å². The number of nitrogens with zero attached hydrogens (tertiary/aromatic N) is 1. The number of hydrogen-bond donors (Lipinski definition) is 0. The molecule has 1 aromatic heterocycles. The third-order valence-electron chi connectivity index (χ3n) is 2.47. The van der Waals surface area contributed by atoms with E-state index in [2.05, 4.69) is 20.9 Å². The van der Waals surface area contributed by atoms with Gasteiger partial charge < -0.3 is 4.74 Å². The zero-order valence-electron chi connectivity index (χ0n) is 9.00. The molecule has 0 bridgehead atoms. The van der Waals surface area contributed by atoms with Gasteiger partial charge in [0.25, 0.3) is 0 Å². The van der Waals surface area contributed by atoms with Crippen molar-refractivity contribution in [2.45, 2.75) is 19.8 Å². The summed E-state index contributed by atoms with van der Waals surface area (Å²) in [5.74, 6) is -0.278. The van der Waals surface area contributed by atoms with Crippen molar-refractivity contribution in [1.29, 1.82) is 0 Å². The molecule has 0 amide bonds. The van der Waals surface area contributed by atoms with E-state index in [1.165, 1.54) is 0 Å². The minimum atomic E-state index is -0.278. The van der Waals surface area contributed by atoms with E-state index in [0.29, 0.717) is 12.2 Å². The van der Waals surface area contributed by atoms with Gasteiger partial charge in [-0.25, -0.2) is 4.79 Å². The first-order valence-electron chi connectivity index (χ1n) is 5.23. The van der Waals surface area contributed by atoms with E-state index in [0.717, 1.165) is 28.6 Å². The summed E-state index contributed by atoms with van der Waals surface area (Å²) < 4.78 is 6.11. The summed E-state index contributed by atoms with van der Waals surface area (Å²) in [6.45, 7) is 2.19. The first kappa shape index (κ1) is 11.3. The number of carbonyl (C=O) groups is 1. The Bertz CT molecular complexity index is 454. The maximum absolute atomic E-state index is 11.7. The zero-order chi connectivity index (χ0) is 11.5. The van der Waals surface area contributed by atoms with Gasteiger partial charge in [-0.15, -0.1) is 0 Å². The van der Waals surface area contributed by atoms with E-state index in [1.54, 1.807) is 19.2 Å². The van der Waals surface area contributed by atoms with Gasteiger partial charge in [-0.2, -0.15) is 0 Å². The van der Waals surface area contributed by atoms with Gasteiger partial charge in [0.15, 0.2) is 0 Å². The average Bonchev–Trinajstić information content (AvgIpc) is 2.28. The summed E-state index contributed by atoms with van der Waals surface area (Å²) in [5, 5.41) is 0. The molecule has 0 aliphatic heterocycles. The Balaban J connectivity index is 2.45. The number of esters is 1. The van der Waals surface area contributed by atoms with Crippen molar-refractivity contribution >= 4 is 28.0 Å². The quantitative estimate of drug-likeness (QED) is 0.783. The van der Waals surface area contributed by atoms with Crippen molar-refractivity contribution in [1.82, 2.24) is 4.98 Å². The molecule has 84 valence electrons. The molecule has 1 aromatic rings. The van der Waals surface area contributed by atoms with Crippen LogP contribution < -0.4 is 0 Å². The van der Waals surface area contributed by atoms with Crippen molar-refractivity contribution in [3.05, 3.63) is 33.6 Å². The molecular weight excluding hydrogens is 270 g/mol. The van der Waals surface area contributed by atoms with Gasteiger partial charge in [0.2, 0.25) is 0 Å². The summed E-state index contributed by atoms with van der Waals surface area (Å²) in [5.41, 5.74) is 2.45. The molecule has 0 spiro atoms. The molecule has 1 heterocycles. The third kappa shape index (κ3) is 2.16. The lowest BCUT2D eigenvalue weighted by molar-refractivity contribution is 0.0526. The van der Waals surface area contributed by atoms with E-state index in [4.69, 9.17) is 4.74 Å². The van der Waals surface area contributed by atoms with Crippen molar-refractivity contribution in [3.8, 4) is 0 Å². The zero-order valence-corrected chi connectivity index (χ0v) is 10.6. The fourth-order valence-corrected chi connectivity index (χ4v) is 2.16. The summed E-state index contributed by atoms with van der Waals surface area (Å²) in [7, 11) is 0. The van der Waals surface area contributed by atoms with Crippen LogP contribution in [0.15, 0.2) is 16.7 Å². The Morgan fingerprint density at radius 1 is 1.56 bits per heavy atom. The van der Waals surface area contributed by atoms with Gasteiger partial charge in [-0.3, -0.25) is 4.98 Å². The molecule has 0 saturated carbocycles. The van der Waals surface area contributed by atoms with Crippen LogP contribution in [0.1, 0.15) is 35.0 Å². The lowest BCUT2D eigenvalue weighted by Crippen LogP contribution is -2.11. The van der Waals surface area contributed by atoms with Crippen molar-refractivity contribution in [2.75, 3.05) is 6.61 Å². The molecule has 3 nitrogen and oxygen atoms in total. The van der Waals surface area contributed by atoms with E-state index >= 15 is 0 Å². The third-order valence-corrected chi connectivity index (χ3v) is 3.09. The van der Waals surface area contributed by atoms with Gasteiger partial charge in [0, 0.05) is 17.5 Å². The van der Waals surface area contributed by atoms with Crippen LogP contribution in [0.3, 0.4) is 0 Å². The Labute approximate surface area is 103 Å². The fraction of sp³-hybridized carbons (Fsp3) is 0.333. The largest absolute Gasteiger partial charge is 0.462 e. The number of rotatable bonds is 2. The first-order valence-corrected chi connectivity index (χ1v) is 6.02. The van der Waals surface area contributed by atoms with Gasteiger partial charge in [0.05, 0.1) is 12.2 Å². The van der Waals surface area contributed by atoms with Crippen LogP contribution in [0, 0.1) is 0 Å². The summed E-state index contributed by atoms with van der Waals surface area (Å²) in [6.07, 6.45) is 5.42. The van der Waals surface area contributed by atoms with Crippen LogP contribution in [0.2, 0.25) is 0 Å². The maximum atomic E-state index is 11.7. The van der Waals surface area contributed by atoms with Gasteiger partial charge in [-0.05, 0) is 36.4 Å². The number of fused-ring (bicyclic) bond motifs is 1. The first-order chi connectivity index (χ1) is 7.72. The van der Waals surface area contributed by atoms with Gasteiger partial charge in [0.1, 0.15) is 0 Å². The average molecular weight is 282 g/mol. The Hall–Kier alpha value is -1.16. The van der Waals surface area contributed by atoms with Crippen LogP contribution in [0.5, 0.6) is 0 Å². The van der Waals surface area contributed by atoms with E-state index < -0.39 is 0 Å². The van der Waals surface area contributed by atoms with Crippen LogP contribution in [0.4, 0.5) is 0 Å². The number of ether oxygens (including phenoxy) is 1. The van der Waals surface area contributed by atoms with Crippen molar-refractivity contribution in [2.24, 2.45) is 0 Å². The number of aromatic nitrogens is 1. The second kappa shape index (κ2) is 4.78. The maximum Gasteiger partial charge on any atom is 0.338 e. The molecule has 0 atom stereocenters. The lowest BCUT2D eigenvalue weighted by atomic mass is 9.98. The van der Waals surface area contributed by atoms with Crippen LogP contribution in [-0.2, 0) is 11.2 Å². The molecule has 0 aromatic carbocycles. The smallest absolute Gasteiger partial charge is 0.338 e. The Morgan fingerprint density at radius 3 is 3.12 bits per heavy atom. The second-order valence-electron chi connectivity index (χ2n) is 3.53. The molecule has 0 unspecified atom stereocenters. The molecule has 0 N–H and O–H groups in total. The highest BCUT2D eigenvalue weighted by atomic mass is 79.9. The monoisotopic (exact) mass is 281 g/mol. The highest BCUT2D eigenvalue weighted by molar-refractivity contribution is 9.11. The van der Waals surface area contributed by atoms with Crippen LogP contribution in [-0.4, -0.2) is 17.6 Å². The van der Waals surface area contributed by atoms with E-state index in [1.807, 2.05) is 6.08 Å². The predicted octanol–water partition coefficient (Wildman–Crippen LogP) is 2.94.